The lowest BCUT2D eigenvalue weighted by molar-refractivity contribution is 0.0697. The molecule has 2 aliphatic rings. The van der Waals surface area contributed by atoms with Crippen molar-refractivity contribution in [1.82, 2.24) is 0 Å². The Morgan fingerprint density at radius 1 is 0.806 bits per heavy atom. The van der Waals surface area contributed by atoms with Gasteiger partial charge in [0.1, 0.15) is 11.3 Å². The van der Waals surface area contributed by atoms with Crippen LogP contribution in [0.4, 0.5) is 5.69 Å². The molecule has 3 N–H and O–H groups in total. The summed E-state index contributed by atoms with van der Waals surface area (Å²) < 4.78 is 6.10. The lowest BCUT2D eigenvalue weighted by Gasteiger charge is -2.17. The topological polar surface area (TPSA) is 93.5 Å². The van der Waals surface area contributed by atoms with Crippen molar-refractivity contribution in [3.05, 3.63) is 101 Å². The van der Waals surface area contributed by atoms with Crippen LogP contribution in [0.1, 0.15) is 10.4 Å². The number of fused-ring (bicyclic) bond motifs is 2. The van der Waals surface area contributed by atoms with Crippen molar-refractivity contribution in [3.63, 3.8) is 0 Å². The molecule has 3 aromatic rings. The minimum absolute atomic E-state index is 0.178. The highest BCUT2D eigenvalue weighted by Crippen LogP contribution is 2.42. The molecule has 3 aromatic carbocycles. The first kappa shape index (κ1) is 18.6. The lowest BCUT2D eigenvalue weighted by atomic mass is 9.90. The average molecular weight is 407 g/mol. The number of hydrogen-bond acceptors (Lipinski definition) is 4. The van der Waals surface area contributed by atoms with E-state index in [4.69, 9.17) is 10.2 Å². The second-order valence-electron chi connectivity index (χ2n) is 7.32. The highest BCUT2D eigenvalue weighted by atomic mass is 16.4. The van der Waals surface area contributed by atoms with Crippen molar-refractivity contribution < 1.29 is 14.3 Å². The first-order chi connectivity index (χ1) is 15.0. The lowest BCUT2D eigenvalue weighted by Crippen LogP contribution is -2.03. The number of rotatable bonds is 3. The monoisotopic (exact) mass is 407 g/mol. The van der Waals surface area contributed by atoms with Gasteiger partial charge >= 0.3 is 5.97 Å². The van der Waals surface area contributed by atoms with Gasteiger partial charge in [0.2, 0.25) is 0 Å². The summed E-state index contributed by atoms with van der Waals surface area (Å²) in [6.07, 6.45) is 0. The van der Waals surface area contributed by atoms with E-state index in [2.05, 4.69) is 0 Å². The van der Waals surface area contributed by atoms with Crippen molar-refractivity contribution in [1.29, 1.82) is 0 Å². The zero-order chi connectivity index (χ0) is 21.5. The molecule has 5 nitrogen and oxygen atoms in total. The smallest absolute Gasteiger partial charge is 0.336 e. The minimum atomic E-state index is -1.02. The molecule has 0 saturated carbocycles. The number of nitrogens with two attached hydrogens (primary N) is 1. The molecule has 0 aromatic heterocycles. The summed E-state index contributed by atoms with van der Waals surface area (Å²) in [7, 11) is 0. The van der Waals surface area contributed by atoms with Crippen molar-refractivity contribution >= 4 is 22.6 Å². The van der Waals surface area contributed by atoms with Crippen LogP contribution in [0.3, 0.4) is 0 Å². The van der Waals surface area contributed by atoms with Gasteiger partial charge in [-0.25, -0.2) is 4.79 Å². The SMILES string of the molecule is Nc1ccc(-c2ccc3c(-c4ccccc4C(=O)O)c4ccc(=O)cc-4oc3c2)cc1. The van der Waals surface area contributed by atoms with E-state index < -0.39 is 5.97 Å². The number of nitrogen functional groups attached to an aromatic ring is 1. The number of carboxylic acid groups (broad SMARTS) is 1. The predicted molar refractivity (Wildman–Crippen MR) is 121 cm³/mol. The summed E-state index contributed by atoms with van der Waals surface area (Å²) in [5.74, 6) is -0.610. The van der Waals surface area contributed by atoms with Gasteiger partial charge in [0.05, 0.1) is 5.56 Å². The van der Waals surface area contributed by atoms with Crippen LogP contribution < -0.4 is 11.2 Å². The van der Waals surface area contributed by atoms with Crippen LogP contribution in [0.2, 0.25) is 0 Å². The third-order valence-electron chi connectivity index (χ3n) is 5.36. The fraction of sp³-hybridized carbons (Fsp3) is 0. The van der Waals surface area contributed by atoms with Gasteiger partial charge in [-0.15, -0.1) is 0 Å². The molecule has 0 saturated heterocycles. The number of benzene rings is 4. The van der Waals surface area contributed by atoms with E-state index in [9.17, 15) is 14.7 Å². The molecule has 0 radical (unpaired) electrons. The average Bonchev–Trinajstić information content (AvgIpc) is 2.77. The van der Waals surface area contributed by atoms with Gasteiger partial charge in [-0.2, -0.15) is 0 Å². The molecule has 0 spiro atoms. The summed E-state index contributed by atoms with van der Waals surface area (Å²) in [4.78, 5) is 23.9. The summed E-state index contributed by atoms with van der Waals surface area (Å²) in [5, 5.41) is 10.5. The Kier molecular flexibility index (Phi) is 4.30. The molecule has 1 aliphatic carbocycles. The third-order valence-corrected chi connectivity index (χ3v) is 5.36. The molecular weight excluding hydrogens is 390 g/mol. The van der Waals surface area contributed by atoms with Crippen LogP contribution in [-0.4, -0.2) is 11.1 Å². The summed E-state index contributed by atoms with van der Waals surface area (Å²) >= 11 is 0. The first-order valence-electron chi connectivity index (χ1n) is 9.70. The Labute approximate surface area is 177 Å². The quantitative estimate of drug-likeness (QED) is 0.304. The standard InChI is InChI=1S/C26H17NO4/c27-17-8-5-15(6-9-17)16-7-11-21-23(13-16)31-24-14-18(28)10-12-22(24)25(21)19-3-1-2-4-20(19)26(29)30/h1-14H,27H2,(H,29,30). The number of hydrogen-bond donors (Lipinski definition) is 2. The maximum atomic E-state index is 12.0. The minimum Gasteiger partial charge on any atom is -0.478 e. The van der Waals surface area contributed by atoms with Gasteiger partial charge in [0.25, 0.3) is 0 Å². The van der Waals surface area contributed by atoms with Crippen molar-refractivity contribution in [3.8, 4) is 33.6 Å². The van der Waals surface area contributed by atoms with Gasteiger partial charge in [-0.1, -0.05) is 36.4 Å². The molecule has 5 heteroatoms. The van der Waals surface area contributed by atoms with Crippen LogP contribution in [0.25, 0.3) is 44.5 Å². The van der Waals surface area contributed by atoms with E-state index >= 15 is 0 Å². The fourth-order valence-electron chi connectivity index (χ4n) is 3.90. The second-order valence-corrected chi connectivity index (χ2v) is 7.32. The van der Waals surface area contributed by atoms with Gasteiger partial charge < -0.3 is 15.3 Å². The Balaban J connectivity index is 1.86. The van der Waals surface area contributed by atoms with Crippen molar-refractivity contribution in [2.45, 2.75) is 0 Å². The molecule has 0 amide bonds. The van der Waals surface area contributed by atoms with E-state index in [0.717, 1.165) is 22.1 Å². The Morgan fingerprint density at radius 2 is 1.55 bits per heavy atom. The third kappa shape index (κ3) is 3.22. The van der Waals surface area contributed by atoms with E-state index in [1.165, 1.54) is 12.1 Å². The predicted octanol–water partition coefficient (Wildman–Crippen LogP) is 5.51. The molecule has 0 atom stereocenters. The van der Waals surface area contributed by atoms with E-state index in [0.29, 0.717) is 28.2 Å². The van der Waals surface area contributed by atoms with Crippen LogP contribution in [-0.2, 0) is 0 Å². The summed E-state index contributed by atoms with van der Waals surface area (Å²) in [6, 6.07) is 24.7. The van der Waals surface area contributed by atoms with Crippen LogP contribution >= 0.6 is 0 Å². The maximum Gasteiger partial charge on any atom is 0.336 e. The Bertz CT molecular complexity index is 1480. The van der Waals surface area contributed by atoms with E-state index in [1.807, 2.05) is 42.5 Å². The highest BCUT2D eigenvalue weighted by molar-refractivity contribution is 6.07. The zero-order valence-corrected chi connectivity index (χ0v) is 16.3. The van der Waals surface area contributed by atoms with E-state index in [1.54, 1.807) is 30.3 Å². The van der Waals surface area contributed by atoms with Crippen LogP contribution in [0, 0.1) is 0 Å². The first-order valence-corrected chi connectivity index (χ1v) is 9.70. The zero-order valence-electron chi connectivity index (χ0n) is 16.3. The number of carboxylic acids is 1. The Hall–Kier alpha value is -4.38. The molecule has 0 bridgehead atoms. The molecule has 150 valence electrons. The second kappa shape index (κ2) is 7.15. The molecule has 1 heterocycles. The van der Waals surface area contributed by atoms with Gasteiger partial charge in [0.15, 0.2) is 5.43 Å². The largest absolute Gasteiger partial charge is 0.478 e. The molecular formula is C26H17NO4. The van der Waals surface area contributed by atoms with Crippen LogP contribution in [0.5, 0.6) is 0 Å². The molecule has 1 aliphatic heterocycles. The fourth-order valence-corrected chi connectivity index (χ4v) is 3.90. The highest BCUT2D eigenvalue weighted by Gasteiger charge is 2.21. The van der Waals surface area contributed by atoms with Crippen LogP contribution in [0.15, 0.2) is 94.1 Å². The van der Waals surface area contributed by atoms with Crippen molar-refractivity contribution in [2.75, 3.05) is 5.73 Å². The molecule has 0 fully saturated rings. The van der Waals surface area contributed by atoms with Gasteiger partial charge in [-0.05, 0) is 59.2 Å². The van der Waals surface area contributed by atoms with E-state index in [-0.39, 0.29) is 11.0 Å². The summed E-state index contributed by atoms with van der Waals surface area (Å²) in [6.45, 7) is 0. The molecule has 31 heavy (non-hydrogen) atoms. The number of carbonyl (C=O) groups is 1. The van der Waals surface area contributed by atoms with Crippen molar-refractivity contribution in [2.24, 2.45) is 0 Å². The van der Waals surface area contributed by atoms with Gasteiger partial charge in [-0.3, -0.25) is 4.79 Å². The molecule has 0 unspecified atom stereocenters. The number of anilines is 1. The number of aromatic carboxylic acids is 1. The summed E-state index contributed by atoms with van der Waals surface area (Å²) in [5.41, 5.74) is 10.9. The van der Waals surface area contributed by atoms with Gasteiger partial charge in [0, 0.05) is 28.3 Å². The Morgan fingerprint density at radius 3 is 2.32 bits per heavy atom. The maximum absolute atomic E-state index is 12.0. The normalized spacial score (nSPS) is 11.1. The molecule has 5 rings (SSSR count).